The molecule has 0 spiro atoms. The van der Waals surface area contributed by atoms with Crippen LogP contribution in [0.3, 0.4) is 0 Å². The molecule has 4 nitrogen and oxygen atoms in total. The van der Waals surface area contributed by atoms with E-state index >= 15 is 0 Å². The summed E-state index contributed by atoms with van der Waals surface area (Å²) in [5.74, 6) is 0.890. The molecule has 0 aliphatic heterocycles. The van der Waals surface area contributed by atoms with Crippen molar-refractivity contribution in [1.29, 1.82) is 0 Å². The first-order valence-electron chi connectivity index (χ1n) is 6.87. The van der Waals surface area contributed by atoms with Crippen molar-refractivity contribution >= 4 is 29.9 Å². The molecule has 0 bridgehead atoms. The van der Waals surface area contributed by atoms with E-state index in [-0.39, 0.29) is 24.0 Å². The molecule has 0 rings (SSSR count). The summed E-state index contributed by atoms with van der Waals surface area (Å²) < 4.78 is 5.47. The first-order chi connectivity index (χ1) is 8.24. The third-order valence-electron chi connectivity index (χ3n) is 2.49. The fourth-order valence-corrected chi connectivity index (χ4v) is 1.23. The Kier molecular flexibility index (Phi) is 16.9. The van der Waals surface area contributed by atoms with E-state index < -0.39 is 0 Å². The highest BCUT2D eigenvalue weighted by molar-refractivity contribution is 14.0. The average molecular weight is 371 g/mol. The number of hydrogen-bond acceptors (Lipinski definition) is 2. The van der Waals surface area contributed by atoms with Crippen LogP contribution in [-0.4, -0.2) is 38.3 Å². The summed E-state index contributed by atoms with van der Waals surface area (Å²) in [6.07, 6.45) is 3.41. The van der Waals surface area contributed by atoms with E-state index in [0.29, 0.717) is 12.6 Å². The van der Waals surface area contributed by atoms with Gasteiger partial charge in [-0.15, -0.1) is 24.0 Å². The number of nitrogens with one attached hydrogen (secondary N) is 2. The number of hydrogen-bond donors (Lipinski definition) is 2. The van der Waals surface area contributed by atoms with Crippen molar-refractivity contribution in [1.82, 2.24) is 10.6 Å². The number of aliphatic imine (C=N–C) groups is 1. The molecule has 0 amide bonds. The minimum absolute atomic E-state index is 0. The Morgan fingerprint density at radius 2 is 1.94 bits per heavy atom. The lowest BCUT2D eigenvalue weighted by Crippen LogP contribution is -2.42. The highest BCUT2D eigenvalue weighted by atomic mass is 127. The quantitative estimate of drug-likeness (QED) is 0.284. The molecule has 2 N–H and O–H groups in total. The number of halogens is 1. The maximum absolute atomic E-state index is 5.47. The van der Waals surface area contributed by atoms with Gasteiger partial charge in [-0.25, -0.2) is 0 Å². The number of unbranched alkanes of at least 4 members (excludes halogenated alkanes) is 1. The summed E-state index contributed by atoms with van der Waals surface area (Å²) in [5.41, 5.74) is 0. The van der Waals surface area contributed by atoms with Gasteiger partial charge in [0, 0.05) is 19.2 Å². The van der Waals surface area contributed by atoms with Crippen molar-refractivity contribution < 1.29 is 4.74 Å². The zero-order chi connectivity index (χ0) is 12.9. The minimum Gasteiger partial charge on any atom is -0.380 e. The molecule has 0 heterocycles. The second-order valence-corrected chi connectivity index (χ2v) is 4.18. The predicted molar refractivity (Wildman–Crippen MR) is 90.0 cm³/mol. The summed E-state index contributed by atoms with van der Waals surface area (Å²) in [7, 11) is 0. The van der Waals surface area contributed by atoms with Crippen LogP contribution in [0.2, 0.25) is 0 Å². The van der Waals surface area contributed by atoms with Crippen LogP contribution in [0.25, 0.3) is 0 Å². The lowest BCUT2D eigenvalue weighted by molar-refractivity contribution is 0.139. The minimum atomic E-state index is 0. The highest BCUT2D eigenvalue weighted by Crippen LogP contribution is 1.89. The predicted octanol–water partition coefficient (Wildman–Crippen LogP) is 2.77. The molecule has 0 saturated heterocycles. The average Bonchev–Trinajstić information content (AvgIpc) is 2.33. The Labute approximate surface area is 129 Å². The molecule has 0 aliphatic rings. The van der Waals surface area contributed by atoms with Crippen LogP contribution < -0.4 is 10.6 Å². The van der Waals surface area contributed by atoms with Crippen molar-refractivity contribution in [2.45, 2.75) is 53.0 Å². The zero-order valence-corrected chi connectivity index (χ0v) is 14.6. The van der Waals surface area contributed by atoms with E-state index in [9.17, 15) is 0 Å². The largest absolute Gasteiger partial charge is 0.380 e. The summed E-state index contributed by atoms with van der Waals surface area (Å²) in [6, 6.07) is 0.453. The van der Waals surface area contributed by atoms with Crippen LogP contribution in [-0.2, 0) is 4.74 Å². The number of guanidine groups is 1. The normalized spacial score (nSPS) is 12.8. The number of nitrogens with zero attached hydrogens (tertiary/aromatic N) is 1. The number of ether oxygens (including phenoxy) is 1. The Balaban J connectivity index is 0. The van der Waals surface area contributed by atoms with Gasteiger partial charge in [0.15, 0.2) is 5.96 Å². The molecule has 18 heavy (non-hydrogen) atoms. The Morgan fingerprint density at radius 1 is 1.22 bits per heavy atom. The third kappa shape index (κ3) is 12.4. The molecule has 0 saturated carbocycles. The van der Waals surface area contributed by atoms with Crippen molar-refractivity contribution in [2.24, 2.45) is 4.99 Å². The highest BCUT2D eigenvalue weighted by Gasteiger charge is 2.01. The van der Waals surface area contributed by atoms with E-state index in [2.05, 4.69) is 43.3 Å². The van der Waals surface area contributed by atoms with E-state index in [1.54, 1.807) is 0 Å². The molecule has 1 atom stereocenters. The summed E-state index contributed by atoms with van der Waals surface area (Å²) in [5, 5.41) is 6.59. The van der Waals surface area contributed by atoms with Gasteiger partial charge in [0.1, 0.15) is 0 Å². The molecule has 0 radical (unpaired) electrons. The lowest BCUT2D eigenvalue weighted by atomic mass is 10.3. The van der Waals surface area contributed by atoms with Crippen molar-refractivity contribution in [3.63, 3.8) is 0 Å². The van der Waals surface area contributed by atoms with Gasteiger partial charge in [-0.05, 0) is 26.7 Å². The maximum atomic E-state index is 5.47. The zero-order valence-electron chi connectivity index (χ0n) is 12.3. The molecule has 1 unspecified atom stereocenters. The van der Waals surface area contributed by atoms with Crippen LogP contribution in [0.5, 0.6) is 0 Å². The van der Waals surface area contributed by atoms with Crippen LogP contribution in [0.1, 0.15) is 47.0 Å². The summed E-state index contributed by atoms with van der Waals surface area (Å²) in [4.78, 5) is 4.47. The van der Waals surface area contributed by atoms with E-state index in [1.165, 1.54) is 6.42 Å². The molecular weight excluding hydrogens is 341 g/mol. The van der Waals surface area contributed by atoms with Gasteiger partial charge in [-0.1, -0.05) is 20.3 Å². The van der Waals surface area contributed by atoms with Crippen LogP contribution >= 0.6 is 24.0 Å². The lowest BCUT2D eigenvalue weighted by Gasteiger charge is -2.16. The second-order valence-electron chi connectivity index (χ2n) is 4.18. The molecule has 0 aliphatic carbocycles. The topological polar surface area (TPSA) is 45.6 Å². The summed E-state index contributed by atoms with van der Waals surface area (Å²) in [6.45, 7) is 11.7. The Morgan fingerprint density at radius 3 is 2.50 bits per heavy atom. The summed E-state index contributed by atoms with van der Waals surface area (Å²) >= 11 is 0. The number of rotatable bonds is 9. The van der Waals surface area contributed by atoms with Gasteiger partial charge >= 0.3 is 0 Å². The van der Waals surface area contributed by atoms with Gasteiger partial charge in [-0.3, -0.25) is 4.99 Å². The van der Waals surface area contributed by atoms with Crippen molar-refractivity contribution in [3.05, 3.63) is 0 Å². The Bertz CT molecular complexity index is 201. The van der Waals surface area contributed by atoms with Gasteiger partial charge in [0.2, 0.25) is 0 Å². The molecular formula is C13H30IN3O. The molecule has 0 fully saturated rings. The maximum Gasteiger partial charge on any atom is 0.191 e. The first-order valence-corrected chi connectivity index (χ1v) is 6.87. The smallest absolute Gasteiger partial charge is 0.191 e. The van der Waals surface area contributed by atoms with E-state index in [0.717, 1.165) is 38.5 Å². The van der Waals surface area contributed by atoms with Gasteiger partial charge in [0.05, 0.1) is 13.2 Å². The molecule has 110 valence electrons. The molecule has 0 aromatic rings. The van der Waals surface area contributed by atoms with Gasteiger partial charge < -0.3 is 15.4 Å². The van der Waals surface area contributed by atoms with Crippen LogP contribution in [0.4, 0.5) is 0 Å². The van der Waals surface area contributed by atoms with Crippen LogP contribution in [0, 0.1) is 0 Å². The molecule has 5 heteroatoms. The van der Waals surface area contributed by atoms with Gasteiger partial charge in [-0.2, -0.15) is 0 Å². The second kappa shape index (κ2) is 15.0. The van der Waals surface area contributed by atoms with Gasteiger partial charge in [0.25, 0.3) is 0 Å². The standard InChI is InChI=1S/C13H29N3O.HI/c1-5-8-10-17-11-9-15-13(14-7-3)16-12(4)6-2;/h12H,5-11H2,1-4H3,(H2,14,15,16);1H. The van der Waals surface area contributed by atoms with E-state index in [4.69, 9.17) is 4.74 Å². The first kappa shape index (κ1) is 20.3. The fraction of sp³-hybridized carbons (Fsp3) is 0.923. The molecule has 0 aromatic carbocycles. The van der Waals surface area contributed by atoms with E-state index in [1.807, 2.05) is 0 Å². The fourth-order valence-electron chi connectivity index (χ4n) is 1.23. The monoisotopic (exact) mass is 371 g/mol. The third-order valence-corrected chi connectivity index (χ3v) is 2.49. The SMILES string of the molecule is CCCCOCCN=C(NCC)NC(C)CC.I. The molecule has 0 aromatic heterocycles. The van der Waals surface area contributed by atoms with Crippen molar-refractivity contribution in [3.8, 4) is 0 Å². The van der Waals surface area contributed by atoms with Crippen molar-refractivity contribution in [2.75, 3.05) is 26.3 Å². The Hall–Kier alpha value is -0.0400. The van der Waals surface area contributed by atoms with Crippen LogP contribution in [0.15, 0.2) is 4.99 Å².